The molecule has 2 rings (SSSR count). The van der Waals surface area contributed by atoms with Crippen molar-refractivity contribution < 1.29 is 24.2 Å². The summed E-state index contributed by atoms with van der Waals surface area (Å²) in [5.41, 5.74) is 1.29. The van der Waals surface area contributed by atoms with E-state index < -0.39 is 12.6 Å². The lowest BCUT2D eigenvalue weighted by atomic mass is 9.83. The van der Waals surface area contributed by atoms with Gasteiger partial charge in [0.1, 0.15) is 11.5 Å². The molecule has 5 heteroatoms. The summed E-state index contributed by atoms with van der Waals surface area (Å²) in [7, 11) is 1.55. The van der Waals surface area contributed by atoms with Crippen LogP contribution in [0, 0.1) is 5.92 Å². The molecule has 1 aliphatic carbocycles. The third kappa shape index (κ3) is 2.54. The summed E-state index contributed by atoms with van der Waals surface area (Å²) in [6.07, 6.45) is 1.50. The van der Waals surface area contributed by atoms with Crippen LogP contribution in [-0.2, 0) is 11.2 Å². The van der Waals surface area contributed by atoms with Crippen LogP contribution in [0.25, 0.3) is 0 Å². The van der Waals surface area contributed by atoms with Crippen molar-refractivity contribution in [3.8, 4) is 11.5 Å². The van der Waals surface area contributed by atoms with Gasteiger partial charge in [0.05, 0.1) is 12.7 Å². The zero-order valence-electron chi connectivity index (χ0n) is 10.9. The molecular weight excluding hydrogens is 248 g/mol. The van der Waals surface area contributed by atoms with Crippen molar-refractivity contribution in [3.05, 3.63) is 23.3 Å². The van der Waals surface area contributed by atoms with Gasteiger partial charge in [-0.15, -0.1) is 0 Å². The second kappa shape index (κ2) is 5.30. The van der Waals surface area contributed by atoms with Gasteiger partial charge in [-0.25, -0.2) is 4.79 Å². The topological polar surface area (TPSA) is 72.8 Å². The second-order valence-electron chi connectivity index (χ2n) is 4.61. The Morgan fingerprint density at radius 1 is 1.42 bits per heavy atom. The van der Waals surface area contributed by atoms with Crippen molar-refractivity contribution in [1.29, 1.82) is 0 Å². The fourth-order valence-corrected chi connectivity index (χ4v) is 2.31. The summed E-state index contributed by atoms with van der Waals surface area (Å²) in [6.45, 7) is 1.41. The van der Waals surface area contributed by atoms with Crippen LogP contribution in [0.4, 0.5) is 0 Å². The zero-order chi connectivity index (χ0) is 14.0. The largest absolute Gasteiger partial charge is 0.496 e. The Kier molecular flexibility index (Phi) is 3.74. The van der Waals surface area contributed by atoms with E-state index in [2.05, 4.69) is 0 Å². The fourth-order valence-electron chi connectivity index (χ4n) is 2.31. The molecule has 1 atom stereocenters. The first-order valence-electron chi connectivity index (χ1n) is 6.13. The highest BCUT2D eigenvalue weighted by molar-refractivity contribution is 6.03. The smallest absolute Gasteiger partial charge is 0.341 e. The van der Waals surface area contributed by atoms with E-state index in [4.69, 9.17) is 14.6 Å². The first-order valence-corrected chi connectivity index (χ1v) is 6.13. The van der Waals surface area contributed by atoms with Crippen LogP contribution in [0.3, 0.4) is 0 Å². The number of carboxylic acid groups (broad SMARTS) is 1. The average Bonchev–Trinajstić information content (AvgIpc) is 2.39. The Balaban J connectivity index is 2.45. The number of carboxylic acids is 1. The van der Waals surface area contributed by atoms with Gasteiger partial charge < -0.3 is 14.6 Å². The number of methoxy groups -OCH3 is 1. The lowest BCUT2D eigenvalue weighted by Gasteiger charge is -2.24. The molecule has 0 aliphatic heterocycles. The van der Waals surface area contributed by atoms with Gasteiger partial charge in [-0.05, 0) is 25.0 Å². The fraction of sp³-hybridized carbons (Fsp3) is 0.429. The summed E-state index contributed by atoms with van der Waals surface area (Å²) in [5, 5.41) is 8.66. The standard InChI is InChI=1S/C14H16O5/c1-8-3-4-9-10(18-2)5-6-11(13(9)14(8)17)19-7-12(15)16/h5-6,8H,3-4,7H2,1-2H3,(H,15,16). The molecule has 0 spiro atoms. The maximum absolute atomic E-state index is 12.3. The van der Waals surface area contributed by atoms with Crippen molar-refractivity contribution in [1.82, 2.24) is 0 Å². The van der Waals surface area contributed by atoms with E-state index in [1.54, 1.807) is 19.2 Å². The third-order valence-corrected chi connectivity index (χ3v) is 3.32. The Morgan fingerprint density at radius 3 is 2.74 bits per heavy atom. The number of rotatable bonds is 4. The number of ether oxygens (including phenoxy) is 2. The van der Waals surface area contributed by atoms with Crippen molar-refractivity contribution in [2.24, 2.45) is 5.92 Å². The Morgan fingerprint density at radius 2 is 2.11 bits per heavy atom. The van der Waals surface area contributed by atoms with Crippen LogP contribution in [0.2, 0.25) is 0 Å². The molecule has 5 nitrogen and oxygen atoms in total. The third-order valence-electron chi connectivity index (χ3n) is 3.32. The Hall–Kier alpha value is -2.04. The molecule has 1 aromatic rings. The molecule has 0 saturated heterocycles. The first-order chi connectivity index (χ1) is 9.04. The van der Waals surface area contributed by atoms with Gasteiger partial charge >= 0.3 is 5.97 Å². The summed E-state index contributed by atoms with van der Waals surface area (Å²) in [5.74, 6) is -0.180. The van der Waals surface area contributed by atoms with Crippen molar-refractivity contribution in [2.45, 2.75) is 19.8 Å². The van der Waals surface area contributed by atoms with Crippen LogP contribution >= 0.6 is 0 Å². The molecule has 0 amide bonds. The molecule has 1 aliphatic rings. The van der Waals surface area contributed by atoms with E-state index in [9.17, 15) is 9.59 Å². The Bertz CT molecular complexity index is 521. The number of carbonyl (C=O) groups excluding carboxylic acids is 1. The number of hydrogen-bond acceptors (Lipinski definition) is 4. The number of fused-ring (bicyclic) bond motifs is 1. The summed E-state index contributed by atoms with van der Waals surface area (Å²) >= 11 is 0. The van der Waals surface area contributed by atoms with Crippen LogP contribution in [0.1, 0.15) is 29.3 Å². The predicted octanol–water partition coefficient (Wildman–Crippen LogP) is 1.92. The molecule has 19 heavy (non-hydrogen) atoms. The normalized spacial score (nSPS) is 17.8. The van der Waals surface area contributed by atoms with Crippen molar-refractivity contribution in [3.63, 3.8) is 0 Å². The van der Waals surface area contributed by atoms with Gasteiger partial charge in [-0.2, -0.15) is 0 Å². The molecule has 0 fully saturated rings. The molecule has 0 heterocycles. The number of ketones is 1. The van der Waals surface area contributed by atoms with Crippen molar-refractivity contribution >= 4 is 11.8 Å². The number of hydrogen-bond donors (Lipinski definition) is 1. The minimum absolute atomic E-state index is 0.0134. The van der Waals surface area contributed by atoms with E-state index in [0.717, 1.165) is 18.4 Å². The molecule has 0 bridgehead atoms. The monoisotopic (exact) mass is 264 g/mol. The van der Waals surface area contributed by atoms with Crippen LogP contribution in [0.5, 0.6) is 11.5 Å². The van der Waals surface area contributed by atoms with Gasteiger partial charge in [-0.3, -0.25) is 4.79 Å². The molecular formula is C14H16O5. The predicted molar refractivity (Wildman–Crippen MR) is 67.9 cm³/mol. The minimum Gasteiger partial charge on any atom is -0.496 e. The second-order valence-corrected chi connectivity index (χ2v) is 4.61. The van der Waals surface area contributed by atoms with Gasteiger partial charge in [0, 0.05) is 11.5 Å². The molecule has 0 saturated carbocycles. The van der Waals surface area contributed by atoms with E-state index in [1.165, 1.54) is 0 Å². The highest BCUT2D eigenvalue weighted by Crippen LogP contribution is 2.37. The minimum atomic E-state index is -1.07. The lowest BCUT2D eigenvalue weighted by molar-refractivity contribution is -0.139. The number of aliphatic carboxylic acids is 1. The maximum Gasteiger partial charge on any atom is 0.341 e. The van der Waals surface area contributed by atoms with Gasteiger partial charge in [-0.1, -0.05) is 6.92 Å². The summed E-state index contributed by atoms with van der Waals surface area (Å²) in [6, 6.07) is 3.30. The quantitative estimate of drug-likeness (QED) is 0.899. The number of carbonyl (C=O) groups is 2. The first kappa shape index (κ1) is 13.4. The highest BCUT2D eigenvalue weighted by atomic mass is 16.5. The molecule has 0 aromatic heterocycles. The molecule has 102 valence electrons. The molecule has 1 aromatic carbocycles. The summed E-state index contributed by atoms with van der Waals surface area (Å²) < 4.78 is 10.5. The molecule has 0 radical (unpaired) electrons. The van der Waals surface area contributed by atoms with Crippen LogP contribution in [-0.4, -0.2) is 30.6 Å². The van der Waals surface area contributed by atoms with E-state index in [1.807, 2.05) is 6.92 Å². The SMILES string of the molecule is COc1ccc(OCC(=O)O)c2c1CCC(C)C2=O. The zero-order valence-corrected chi connectivity index (χ0v) is 10.9. The van der Waals surface area contributed by atoms with E-state index in [0.29, 0.717) is 17.1 Å². The van der Waals surface area contributed by atoms with Crippen LogP contribution < -0.4 is 9.47 Å². The van der Waals surface area contributed by atoms with E-state index in [-0.39, 0.29) is 11.7 Å². The van der Waals surface area contributed by atoms with E-state index >= 15 is 0 Å². The molecule has 1 unspecified atom stereocenters. The van der Waals surface area contributed by atoms with Gasteiger partial charge in [0.2, 0.25) is 0 Å². The average molecular weight is 264 g/mol. The number of Topliss-reactive ketones (excluding diaryl/α,β-unsaturated/α-hetero) is 1. The van der Waals surface area contributed by atoms with Crippen molar-refractivity contribution in [2.75, 3.05) is 13.7 Å². The highest BCUT2D eigenvalue weighted by Gasteiger charge is 2.30. The lowest BCUT2D eigenvalue weighted by Crippen LogP contribution is -2.22. The number of benzene rings is 1. The van der Waals surface area contributed by atoms with Gasteiger partial charge in [0.25, 0.3) is 0 Å². The molecule has 1 N–H and O–H groups in total. The van der Waals surface area contributed by atoms with Crippen LogP contribution in [0.15, 0.2) is 12.1 Å². The maximum atomic E-state index is 12.3. The Labute approximate surface area is 111 Å². The van der Waals surface area contributed by atoms with Gasteiger partial charge in [0.15, 0.2) is 12.4 Å². The summed E-state index contributed by atoms with van der Waals surface area (Å²) in [4.78, 5) is 22.8.